The van der Waals surface area contributed by atoms with Crippen molar-refractivity contribution in [2.24, 2.45) is 0 Å². The van der Waals surface area contributed by atoms with Gasteiger partial charge in [-0.1, -0.05) is 17.7 Å². The predicted molar refractivity (Wildman–Crippen MR) is 54.0 cm³/mol. The third-order valence-electron chi connectivity index (χ3n) is 2.76. The van der Waals surface area contributed by atoms with E-state index in [9.17, 15) is 9.50 Å². The van der Waals surface area contributed by atoms with Crippen molar-refractivity contribution >= 4 is 11.6 Å². The third kappa shape index (κ3) is 1.77. The quantitative estimate of drug-likeness (QED) is 0.803. The van der Waals surface area contributed by atoms with Gasteiger partial charge in [0.25, 0.3) is 0 Å². The first-order chi connectivity index (χ1) is 6.52. The van der Waals surface area contributed by atoms with Crippen LogP contribution in [0.15, 0.2) is 12.1 Å². The normalized spacial score (nSPS) is 18.3. The van der Waals surface area contributed by atoms with Gasteiger partial charge in [0, 0.05) is 6.42 Å². The fourth-order valence-electron chi connectivity index (χ4n) is 1.56. The third-order valence-corrected chi connectivity index (χ3v) is 3.17. The van der Waals surface area contributed by atoms with Gasteiger partial charge in [-0.05, 0) is 37.0 Å². The lowest BCUT2D eigenvalue weighted by Gasteiger charge is -2.12. The number of aliphatic hydroxyl groups is 1. The van der Waals surface area contributed by atoms with E-state index in [4.69, 9.17) is 11.6 Å². The molecule has 1 aromatic rings. The van der Waals surface area contributed by atoms with E-state index in [0.29, 0.717) is 6.42 Å². The van der Waals surface area contributed by atoms with Crippen LogP contribution in [0.4, 0.5) is 4.39 Å². The summed E-state index contributed by atoms with van der Waals surface area (Å²) in [6.07, 6.45) is 2.05. The Hall–Kier alpha value is -0.600. The second kappa shape index (κ2) is 3.21. The van der Waals surface area contributed by atoms with Crippen LogP contribution in [-0.2, 0) is 6.42 Å². The number of halogens is 2. The second-order valence-corrected chi connectivity index (χ2v) is 4.44. The Balaban J connectivity index is 2.35. The number of hydrogen-bond acceptors (Lipinski definition) is 1. The molecule has 1 saturated carbocycles. The molecule has 1 fully saturated rings. The van der Waals surface area contributed by atoms with E-state index < -0.39 is 11.4 Å². The molecule has 76 valence electrons. The molecule has 1 N–H and O–H groups in total. The van der Waals surface area contributed by atoms with E-state index in [1.54, 1.807) is 6.07 Å². The first kappa shape index (κ1) is 9.94. The lowest BCUT2D eigenvalue weighted by molar-refractivity contribution is 0.150. The molecule has 0 aromatic heterocycles. The Morgan fingerprint density at radius 3 is 2.71 bits per heavy atom. The van der Waals surface area contributed by atoms with Crippen LogP contribution in [0.5, 0.6) is 0 Å². The highest BCUT2D eigenvalue weighted by Crippen LogP contribution is 2.40. The van der Waals surface area contributed by atoms with Crippen LogP contribution in [0.3, 0.4) is 0 Å². The van der Waals surface area contributed by atoms with Crippen LogP contribution in [0.1, 0.15) is 24.0 Å². The molecule has 0 spiro atoms. The Bertz CT molecular complexity index is 372. The van der Waals surface area contributed by atoms with Crippen molar-refractivity contribution in [1.29, 1.82) is 0 Å². The zero-order valence-electron chi connectivity index (χ0n) is 7.98. The van der Waals surface area contributed by atoms with Crippen LogP contribution in [-0.4, -0.2) is 10.7 Å². The molecule has 0 aliphatic heterocycles. The molecule has 2 rings (SSSR count). The van der Waals surface area contributed by atoms with Gasteiger partial charge in [0.15, 0.2) is 0 Å². The molecule has 1 aromatic carbocycles. The van der Waals surface area contributed by atoms with Gasteiger partial charge < -0.3 is 5.11 Å². The molecule has 0 radical (unpaired) electrons. The summed E-state index contributed by atoms with van der Waals surface area (Å²) >= 11 is 5.85. The molecule has 0 saturated heterocycles. The maximum Gasteiger partial charge on any atom is 0.142 e. The van der Waals surface area contributed by atoms with Crippen LogP contribution >= 0.6 is 11.6 Å². The van der Waals surface area contributed by atoms with Crippen LogP contribution in [0.2, 0.25) is 5.02 Å². The van der Waals surface area contributed by atoms with Crippen molar-refractivity contribution in [3.8, 4) is 0 Å². The zero-order valence-corrected chi connectivity index (χ0v) is 8.74. The highest BCUT2D eigenvalue weighted by atomic mass is 35.5. The number of hydrogen-bond donors (Lipinski definition) is 1. The summed E-state index contributed by atoms with van der Waals surface area (Å²) in [5.41, 5.74) is 1.06. The summed E-state index contributed by atoms with van der Waals surface area (Å²) in [5, 5.41) is 9.90. The van der Waals surface area contributed by atoms with Gasteiger partial charge in [0.05, 0.1) is 10.6 Å². The van der Waals surface area contributed by atoms with E-state index in [2.05, 4.69) is 0 Å². The lowest BCUT2D eigenvalue weighted by Crippen LogP contribution is -2.12. The fraction of sp³-hybridized carbons (Fsp3) is 0.455. The number of benzene rings is 1. The zero-order chi connectivity index (χ0) is 10.3. The Morgan fingerprint density at radius 2 is 2.14 bits per heavy atom. The minimum absolute atomic E-state index is 0.158. The van der Waals surface area contributed by atoms with Crippen LogP contribution in [0.25, 0.3) is 0 Å². The highest BCUT2D eigenvalue weighted by molar-refractivity contribution is 6.31. The molecular weight excluding hydrogens is 203 g/mol. The average Bonchev–Trinajstić information content (AvgIpc) is 2.86. The summed E-state index contributed by atoms with van der Waals surface area (Å²) in [7, 11) is 0. The summed E-state index contributed by atoms with van der Waals surface area (Å²) in [6.45, 7) is 1.88. The molecule has 0 bridgehead atoms. The molecule has 14 heavy (non-hydrogen) atoms. The highest BCUT2D eigenvalue weighted by Gasteiger charge is 2.41. The molecule has 1 nitrogen and oxygen atoms in total. The average molecular weight is 215 g/mol. The van der Waals surface area contributed by atoms with E-state index in [1.165, 1.54) is 6.07 Å². The molecule has 0 unspecified atom stereocenters. The SMILES string of the molecule is Cc1ccc(F)c(Cl)c1CC1(O)CC1. The minimum Gasteiger partial charge on any atom is -0.390 e. The van der Waals surface area contributed by atoms with E-state index in [0.717, 1.165) is 24.0 Å². The Morgan fingerprint density at radius 1 is 1.50 bits per heavy atom. The number of rotatable bonds is 2. The van der Waals surface area contributed by atoms with E-state index in [1.807, 2.05) is 6.92 Å². The molecule has 0 heterocycles. The first-order valence-corrected chi connectivity index (χ1v) is 5.05. The van der Waals surface area contributed by atoms with Gasteiger partial charge in [-0.3, -0.25) is 0 Å². The summed E-state index contributed by atoms with van der Waals surface area (Å²) in [6, 6.07) is 3.06. The van der Waals surface area contributed by atoms with Crippen molar-refractivity contribution in [3.63, 3.8) is 0 Å². The predicted octanol–water partition coefficient (Wildman–Crippen LogP) is 2.85. The maximum absolute atomic E-state index is 13.1. The summed E-state index contributed by atoms with van der Waals surface area (Å²) < 4.78 is 13.1. The molecule has 3 heteroatoms. The van der Waals surface area contributed by atoms with Gasteiger partial charge in [0.2, 0.25) is 0 Å². The molecule has 1 aliphatic carbocycles. The lowest BCUT2D eigenvalue weighted by atomic mass is 10.0. The van der Waals surface area contributed by atoms with Crippen molar-refractivity contribution < 1.29 is 9.50 Å². The van der Waals surface area contributed by atoms with Crippen LogP contribution in [0, 0.1) is 12.7 Å². The van der Waals surface area contributed by atoms with Crippen molar-refractivity contribution in [1.82, 2.24) is 0 Å². The smallest absolute Gasteiger partial charge is 0.142 e. The molecule has 0 atom stereocenters. The Labute approximate surface area is 87.5 Å². The molecule has 1 aliphatic rings. The van der Waals surface area contributed by atoms with Crippen molar-refractivity contribution in [2.45, 2.75) is 31.8 Å². The molecular formula is C11H12ClFO. The minimum atomic E-state index is -0.623. The van der Waals surface area contributed by atoms with Crippen molar-refractivity contribution in [3.05, 3.63) is 34.1 Å². The standard InChI is InChI=1S/C11H12ClFO/c1-7-2-3-9(13)10(12)8(7)6-11(14)4-5-11/h2-3,14H,4-6H2,1H3. The second-order valence-electron chi connectivity index (χ2n) is 4.06. The summed E-state index contributed by atoms with van der Waals surface area (Å²) in [4.78, 5) is 0. The molecule has 0 amide bonds. The van der Waals surface area contributed by atoms with Gasteiger partial charge in [-0.15, -0.1) is 0 Å². The summed E-state index contributed by atoms with van der Waals surface area (Å²) in [5.74, 6) is -0.406. The largest absolute Gasteiger partial charge is 0.390 e. The maximum atomic E-state index is 13.1. The van der Waals surface area contributed by atoms with Crippen molar-refractivity contribution in [2.75, 3.05) is 0 Å². The first-order valence-electron chi connectivity index (χ1n) is 4.68. The van der Waals surface area contributed by atoms with E-state index in [-0.39, 0.29) is 5.02 Å². The topological polar surface area (TPSA) is 20.2 Å². The van der Waals surface area contributed by atoms with Gasteiger partial charge in [0.1, 0.15) is 5.82 Å². The van der Waals surface area contributed by atoms with Gasteiger partial charge >= 0.3 is 0 Å². The fourth-order valence-corrected chi connectivity index (χ4v) is 1.84. The number of aryl methyl sites for hydroxylation is 1. The van der Waals surface area contributed by atoms with Crippen LogP contribution < -0.4 is 0 Å². The monoisotopic (exact) mass is 214 g/mol. The Kier molecular flexibility index (Phi) is 2.28. The van der Waals surface area contributed by atoms with E-state index >= 15 is 0 Å². The van der Waals surface area contributed by atoms with Gasteiger partial charge in [-0.25, -0.2) is 4.39 Å². The van der Waals surface area contributed by atoms with Gasteiger partial charge in [-0.2, -0.15) is 0 Å².